The van der Waals surface area contributed by atoms with Crippen LogP contribution in [0.15, 0.2) is 18.2 Å². The molecule has 1 unspecified atom stereocenters. The fourth-order valence-electron chi connectivity index (χ4n) is 2.94. The first-order chi connectivity index (χ1) is 9.69. The Morgan fingerprint density at radius 2 is 1.80 bits per heavy atom. The van der Waals surface area contributed by atoms with Gasteiger partial charge in [-0.05, 0) is 56.6 Å². The third kappa shape index (κ3) is 3.09. The van der Waals surface area contributed by atoms with Crippen LogP contribution in [0.1, 0.15) is 44.2 Å². The maximum atomic E-state index is 6.21. The molecule has 1 atom stereocenters. The van der Waals surface area contributed by atoms with Crippen molar-refractivity contribution in [2.45, 2.75) is 38.6 Å². The summed E-state index contributed by atoms with van der Waals surface area (Å²) < 4.78 is 5.53. The fraction of sp³-hybridized carbons (Fsp3) is 0.647. The number of methoxy groups -OCH3 is 1. The first-order valence-corrected chi connectivity index (χ1v) is 7.86. The van der Waals surface area contributed by atoms with E-state index < -0.39 is 0 Å². The van der Waals surface area contributed by atoms with Gasteiger partial charge >= 0.3 is 0 Å². The van der Waals surface area contributed by atoms with Crippen LogP contribution in [-0.4, -0.2) is 20.2 Å². The summed E-state index contributed by atoms with van der Waals surface area (Å²) in [6.07, 6.45) is 5.55. The Balaban J connectivity index is 1.90. The van der Waals surface area contributed by atoms with Crippen molar-refractivity contribution in [3.8, 4) is 5.75 Å². The summed E-state index contributed by atoms with van der Waals surface area (Å²) >= 11 is 0. The van der Waals surface area contributed by atoms with Gasteiger partial charge in [0.05, 0.1) is 7.11 Å². The molecule has 3 rings (SSSR count). The number of anilines is 1. The standard InChI is InChI=1S/C17H26N2O/c1-12(18)17-15(4-3-5-16(17)20-2)19(10-13-6-7-13)11-14-8-9-14/h3-5,12-14H,6-11,18H2,1-2H3. The Hall–Kier alpha value is -1.22. The zero-order valence-electron chi connectivity index (χ0n) is 12.6. The van der Waals surface area contributed by atoms with Gasteiger partial charge in [-0.25, -0.2) is 0 Å². The Labute approximate surface area is 122 Å². The lowest BCUT2D eigenvalue weighted by atomic mass is 10.0. The molecule has 1 aromatic carbocycles. The molecule has 20 heavy (non-hydrogen) atoms. The van der Waals surface area contributed by atoms with Crippen molar-refractivity contribution in [1.29, 1.82) is 0 Å². The zero-order chi connectivity index (χ0) is 14.1. The van der Waals surface area contributed by atoms with Crippen LogP contribution in [-0.2, 0) is 0 Å². The van der Waals surface area contributed by atoms with Gasteiger partial charge in [0.25, 0.3) is 0 Å². The van der Waals surface area contributed by atoms with Crippen LogP contribution in [0, 0.1) is 11.8 Å². The van der Waals surface area contributed by atoms with E-state index in [1.807, 2.05) is 13.0 Å². The van der Waals surface area contributed by atoms with Gasteiger partial charge in [0.1, 0.15) is 5.75 Å². The maximum Gasteiger partial charge on any atom is 0.125 e. The van der Waals surface area contributed by atoms with Crippen molar-refractivity contribution >= 4 is 5.69 Å². The third-order valence-electron chi connectivity index (χ3n) is 4.41. The van der Waals surface area contributed by atoms with Crippen LogP contribution >= 0.6 is 0 Å². The molecule has 0 aliphatic heterocycles. The highest BCUT2D eigenvalue weighted by Gasteiger charge is 2.31. The van der Waals surface area contributed by atoms with E-state index in [9.17, 15) is 0 Å². The molecule has 2 fully saturated rings. The second kappa shape index (κ2) is 5.65. The predicted octanol–water partition coefficient (Wildman–Crippen LogP) is 3.34. The molecular weight excluding hydrogens is 248 g/mol. The van der Waals surface area contributed by atoms with E-state index in [0.717, 1.165) is 23.1 Å². The van der Waals surface area contributed by atoms with Gasteiger partial charge in [0.2, 0.25) is 0 Å². The molecule has 0 saturated heterocycles. The van der Waals surface area contributed by atoms with Gasteiger partial charge in [-0.2, -0.15) is 0 Å². The van der Waals surface area contributed by atoms with E-state index in [1.54, 1.807) is 7.11 Å². The maximum absolute atomic E-state index is 6.21. The Bertz CT molecular complexity index is 450. The van der Waals surface area contributed by atoms with Crippen molar-refractivity contribution < 1.29 is 4.74 Å². The number of hydrogen-bond acceptors (Lipinski definition) is 3. The predicted molar refractivity (Wildman–Crippen MR) is 83.3 cm³/mol. The second-order valence-electron chi connectivity index (χ2n) is 6.47. The highest BCUT2D eigenvalue weighted by molar-refractivity contribution is 5.61. The number of ether oxygens (including phenoxy) is 1. The Morgan fingerprint density at radius 3 is 2.25 bits per heavy atom. The molecule has 0 bridgehead atoms. The summed E-state index contributed by atoms with van der Waals surface area (Å²) in [4.78, 5) is 2.57. The molecule has 0 amide bonds. The lowest BCUT2D eigenvalue weighted by Gasteiger charge is -2.29. The summed E-state index contributed by atoms with van der Waals surface area (Å²) in [7, 11) is 1.73. The van der Waals surface area contributed by atoms with Crippen molar-refractivity contribution in [2.24, 2.45) is 17.6 Å². The van der Waals surface area contributed by atoms with E-state index in [1.165, 1.54) is 44.5 Å². The zero-order valence-corrected chi connectivity index (χ0v) is 12.6. The summed E-state index contributed by atoms with van der Waals surface area (Å²) in [6.45, 7) is 4.42. The van der Waals surface area contributed by atoms with Crippen LogP contribution in [0.3, 0.4) is 0 Å². The van der Waals surface area contributed by atoms with Crippen LogP contribution in [0.4, 0.5) is 5.69 Å². The van der Waals surface area contributed by atoms with E-state index in [0.29, 0.717) is 0 Å². The molecule has 2 aliphatic carbocycles. The minimum Gasteiger partial charge on any atom is -0.496 e. The van der Waals surface area contributed by atoms with Gasteiger partial charge in [0, 0.05) is 30.4 Å². The topological polar surface area (TPSA) is 38.5 Å². The second-order valence-corrected chi connectivity index (χ2v) is 6.47. The van der Waals surface area contributed by atoms with E-state index in [4.69, 9.17) is 10.5 Å². The number of nitrogens with zero attached hydrogens (tertiary/aromatic N) is 1. The molecule has 0 spiro atoms. The molecule has 3 heteroatoms. The SMILES string of the molecule is COc1cccc(N(CC2CC2)CC2CC2)c1C(C)N. The Morgan fingerprint density at radius 1 is 1.20 bits per heavy atom. The van der Waals surface area contributed by atoms with Gasteiger partial charge in [-0.15, -0.1) is 0 Å². The largest absolute Gasteiger partial charge is 0.496 e. The highest BCUT2D eigenvalue weighted by atomic mass is 16.5. The van der Waals surface area contributed by atoms with Crippen LogP contribution in [0.2, 0.25) is 0 Å². The molecule has 2 N–H and O–H groups in total. The Kier molecular flexibility index (Phi) is 3.88. The fourth-order valence-corrected chi connectivity index (χ4v) is 2.94. The summed E-state index contributed by atoms with van der Waals surface area (Å²) in [5.74, 6) is 2.70. The molecule has 2 aliphatic rings. The average Bonchev–Trinajstić information content (AvgIpc) is 3.32. The lowest BCUT2D eigenvalue weighted by Crippen LogP contribution is -2.30. The van der Waals surface area contributed by atoms with Crippen molar-refractivity contribution in [3.05, 3.63) is 23.8 Å². The number of hydrogen-bond donors (Lipinski definition) is 1. The van der Waals surface area contributed by atoms with Gasteiger partial charge < -0.3 is 15.4 Å². The number of nitrogens with two attached hydrogens (primary N) is 1. The number of benzene rings is 1. The quantitative estimate of drug-likeness (QED) is 0.828. The van der Waals surface area contributed by atoms with Crippen molar-refractivity contribution in [2.75, 3.05) is 25.1 Å². The number of rotatable bonds is 7. The van der Waals surface area contributed by atoms with Crippen molar-refractivity contribution in [3.63, 3.8) is 0 Å². The first kappa shape index (κ1) is 13.7. The third-order valence-corrected chi connectivity index (χ3v) is 4.41. The smallest absolute Gasteiger partial charge is 0.125 e. The van der Waals surface area contributed by atoms with Gasteiger partial charge in [-0.3, -0.25) is 0 Å². The summed E-state index contributed by atoms with van der Waals surface area (Å²) in [5, 5.41) is 0. The molecule has 0 heterocycles. The molecule has 0 radical (unpaired) electrons. The van der Waals surface area contributed by atoms with E-state index in [-0.39, 0.29) is 6.04 Å². The molecule has 1 aromatic rings. The average molecular weight is 274 g/mol. The minimum atomic E-state index is 0.00190. The first-order valence-electron chi connectivity index (χ1n) is 7.86. The minimum absolute atomic E-state index is 0.00190. The lowest BCUT2D eigenvalue weighted by molar-refractivity contribution is 0.406. The highest BCUT2D eigenvalue weighted by Crippen LogP contribution is 2.39. The summed E-state index contributed by atoms with van der Waals surface area (Å²) in [5.41, 5.74) is 8.67. The molecule has 110 valence electrons. The van der Waals surface area contributed by atoms with E-state index in [2.05, 4.69) is 17.0 Å². The van der Waals surface area contributed by atoms with Crippen LogP contribution in [0.25, 0.3) is 0 Å². The molecular formula is C17H26N2O. The molecule has 0 aromatic heterocycles. The van der Waals surface area contributed by atoms with Crippen LogP contribution < -0.4 is 15.4 Å². The molecule has 3 nitrogen and oxygen atoms in total. The van der Waals surface area contributed by atoms with Crippen molar-refractivity contribution in [1.82, 2.24) is 0 Å². The van der Waals surface area contributed by atoms with E-state index >= 15 is 0 Å². The molecule has 2 saturated carbocycles. The monoisotopic (exact) mass is 274 g/mol. The normalized spacial score (nSPS) is 19.8. The van der Waals surface area contributed by atoms with Crippen LogP contribution in [0.5, 0.6) is 5.75 Å². The van der Waals surface area contributed by atoms with Gasteiger partial charge in [0.15, 0.2) is 0 Å². The van der Waals surface area contributed by atoms with Gasteiger partial charge in [-0.1, -0.05) is 6.07 Å². The summed E-state index contributed by atoms with van der Waals surface area (Å²) in [6, 6.07) is 6.33.